The summed E-state index contributed by atoms with van der Waals surface area (Å²) in [6, 6.07) is 5.41. The zero-order valence-corrected chi connectivity index (χ0v) is 16.5. The molecule has 2 saturated heterocycles. The third kappa shape index (κ3) is 3.12. The summed E-state index contributed by atoms with van der Waals surface area (Å²) in [4.78, 5) is 40.7. The van der Waals surface area contributed by atoms with Gasteiger partial charge in [-0.15, -0.1) is 0 Å². The second kappa shape index (κ2) is 6.97. The summed E-state index contributed by atoms with van der Waals surface area (Å²) in [5, 5.41) is 2.36. The Morgan fingerprint density at radius 3 is 2.79 bits per heavy atom. The van der Waals surface area contributed by atoms with E-state index in [0.29, 0.717) is 18.5 Å². The smallest absolute Gasteiger partial charge is 0.255 e. The molecular weight excluding hydrogens is 356 g/mol. The van der Waals surface area contributed by atoms with E-state index in [9.17, 15) is 14.4 Å². The molecule has 3 aliphatic heterocycles. The zero-order valence-electron chi connectivity index (χ0n) is 16.5. The van der Waals surface area contributed by atoms with Crippen LogP contribution >= 0.6 is 0 Å². The molecule has 2 fully saturated rings. The molecule has 0 radical (unpaired) electrons. The molecule has 3 aliphatic rings. The fourth-order valence-corrected chi connectivity index (χ4v) is 4.89. The quantitative estimate of drug-likeness (QED) is 0.759. The lowest BCUT2D eigenvalue weighted by atomic mass is 9.93. The van der Waals surface area contributed by atoms with Crippen molar-refractivity contribution in [1.29, 1.82) is 0 Å². The van der Waals surface area contributed by atoms with Crippen LogP contribution in [0.5, 0.6) is 0 Å². The van der Waals surface area contributed by atoms with Crippen LogP contribution in [0.15, 0.2) is 18.2 Å². The average molecular weight is 384 g/mol. The van der Waals surface area contributed by atoms with E-state index in [0.717, 1.165) is 37.1 Å². The van der Waals surface area contributed by atoms with Crippen molar-refractivity contribution < 1.29 is 14.4 Å². The lowest BCUT2D eigenvalue weighted by molar-refractivity contribution is -0.136. The first kappa shape index (κ1) is 19.1. The van der Waals surface area contributed by atoms with E-state index < -0.39 is 6.04 Å². The van der Waals surface area contributed by atoms with Gasteiger partial charge in [-0.25, -0.2) is 0 Å². The fourth-order valence-electron chi connectivity index (χ4n) is 4.89. The van der Waals surface area contributed by atoms with Crippen molar-refractivity contribution in [2.75, 3.05) is 6.54 Å². The number of hydrogen-bond donors (Lipinski definition) is 2. The van der Waals surface area contributed by atoms with E-state index in [-0.39, 0.29) is 35.7 Å². The van der Waals surface area contributed by atoms with Crippen molar-refractivity contribution in [3.8, 4) is 0 Å². The normalized spacial score (nSPS) is 30.7. The van der Waals surface area contributed by atoms with Crippen LogP contribution in [0.25, 0.3) is 0 Å². The zero-order chi connectivity index (χ0) is 20.1. The van der Waals surface area contributed by atoms with Gasteiger partial charge in [-0.2, -0.15) is 0 Å². The molecule has 7 heteroatoms. The molecule has 0 aromatic heterocycles. The van der Waals surface area contributed by atoms with E-state index in [4.69, 9.17) is 5.73 Å². The number of amides is 3. The molecule has 0 spiro atoms. The minimum absolute atomic E-state index is 0.0636. The van der Waals surface area contributed by atoms with Gasteiger partial charge in [-0.3, -0.25) is 24.6 Å². The van der Waals surface area contributed by atoms with Gasteiger partial charge in [-0.05, 0) is 43.4 Å². The Bertz CT molecular complexity index is 839. The lowest BCUT2D eigenvalue weighted by Gasteiger charge is -2.34. The topological polar surface area (TPSA) is 95.7 Å². The molecular formula is C21H28N4O3. The van der Waals surface area contributed by atoms with Crippen LogP contribution in [0.2, 0.25) is 0 Å². The standard InChI is InChI=1S/C21H28N4O3/c1-3-21(2)9-14(22)11-24(21)10-13-5-4-6-15-16(13)12-25(20(15)28)17-7-8-18(26)23-19(17)27/h4-6,14,17H,3,7-12,22H2,1-2H3,(H,23,26,27). The summed E-state index contributed by atoms with van der Waals surface area (Å²) in [6.45, 7) is 6.45. The molecule has 1 aromatic rings. The molecule has 150 valence electrons. The van der Waals surface area contributed by atoms with E-state index in [1.54, 1.807) is 4.90 Å². The van der Waals surface area contributed by atoms with Gasteiger partial charge in [0, 0.05) is 43.2 Å². The SMILES string of the molecule is CCC1(C)CC(N)CN1Cc1cccc2c1CN(C1CCC(=O)NC1=O)C2=O. The number of piperidine rings is 1. The molecule has 0 saturated carbocycles. The first-order valence-corrected chi connectivity index (χ1v) is 10.1. The highest BCUT2D eigenvalue weighted by molar-refractivity contribution is 6.05. The number of carbonyl (C=O) groups excluding carboxylic acids is 3. The molecule has 4 rings (SSSR count). The largest absolute Gasteiger partial charge is 0.326 e. The van der Waals surface area contributed by atoms with Gasteiger partial charge in [0.1, 0.15) is 6.04 Å². The van der Waals surface area contributed by atoms with Crippen molar-refractivity contribution in [3.63, 3.8) is 0 Å². The van der Waals surface area contributed by atoms with Crippen molar-refractivity contribution in [1.82, 2.24) is 15.1 Å². The Morgan fingerprint density at radius 1 is 1.29 bits per heavy atom. The summed E-state index contributed by atoms with van der Waals surface area (Å²) in [5.41, 5.74) is 9.08. The highest BCUT2D eigenvalue weighted by atomic mass is 16.2. The predicted molar refractivity (Wildman–Crippen MR) is 104 cm³/mol. The molecule has 3 heterocycles. The third-order valence-corrected chi connectivity index (χ3v) is 6.72. The maximum atomic E-state index is 13.0. The number of nitrogens with zero attached hydrogens (tertiary/aromatic N) is 2. The van der Waals surface area contributed by atoms with Crippen molar-refractivity contribution in [2.24, 2.45) is 5.73 Å². The molecule has 1 aromatic carbocycles. The van der Waals surface area contributed by atoms with Gasteiger partial charge in [0.2, 0.25) is 11.8 Å². The number of likely N-dealkylation sites (tertiary alicyclic amines) is 1. The van der Waals surface area contributed by atoms with Gasteiger partial charge < -0.3 is 10.6 Å². The molecule has 3 atom stereocenters. The van der Waals surface area contributed by atoms with Gasteiger partial charge in [0.05, 0.1) is 0 Å². The Balaban J connectivity index is 1.58. The van der Waals surface area contributed by atoms with Crippen LogP contribution in [0.3, 0.4) is 0 Å². The van der Waals surface area contributed by atoms with E-state index >= 15 is 0 Å². The van der Waals surface area contributed by atoms with Crippen LogP contribution < -0.4 is 11.1 Å². The second-order valence-electron chi connectivity index (χ2n) is 8.54. The fraction of sp³-hybridized carbons (Fsp3) is 0.571. The van der Waals surface area contributed by atoms with Crippen molar-refractivity contribution in [3.05, 3.63) is 34.9 Å². The summed E-state index contributed by atoms with van der Waals surface area (Å²) < 4.78 is 0. The number of benzene rings is 1. The Morgan fingerprint density at radius 2 is 2.07 bits per heavy atom. The number of imide groups is 1. The maximum absolute atomic E-state index is 13.0. The summed E-state index contributed by atoms with van der Waals surface area (Å²) in [5.74, 6) is -0.763. The second-order valence-corrected chi connectivity index (χ2v) is 8.54. The van der Waals surface area contributed by atoms with Gasteiger partial charge in [0.15, 0.2) is 0 Å². The molecule has 3 N–H and O–H groups in total. The number of carbonyl (C=O) groups is 3. The van der Waals surface area contributed by atoms with Crippen molar-refractivity contribution >= 4 is 17.7 Å². The van der Waals surface area contributed by atoms with E-state index in [1.807, 2.05) is 12.1 Å². The lowest BCUT2D eigenvalue weighted by Crippen LogP contribution is -2.52. The van der Waals surface area contributed by atoms with Crippen LogP contribution in [-0.4, -0.2) is 51.7 Å². The monoisotopic (exact) mass is 384 g/mol. The van der Waals surface area contributed by atoms with Crippen LogP contribution in [0.4, 0.5) is 0 Å². The summed E-state index contributed by atoms with van der Waals surface area (Å²) in [6.07, 6.45) is 2.65. The number of hydrogen-bond acceptors (Lipinski definition) is 5. The van der Waals surface area contributed by atoms with Crippen molar-refractivity contribution in [2.45, 2.75) is 70.2 Å². The Hall–Kier alpha value is -2.25. The highest BCUT2D eigenvalue weighted by Crippen LogP contribution is 2.35. The first-order valence-electron chi connectivity index (χ1n) is 10.1. The Kier molecular flexibility index (Phi) is 4.75. The number of nitrogens with two attached hydrogens (primary N) is 1. The number of rotatable bonds is 4. The van der Waals surface area contributed by atoms with Crippen LogP contribution in [0, 0.1) is 0 Å². The minimum atomic E-state index is -0.577. The number of fused-ring (bicyclic) bond motifs is 1. The molecule has 28 heavy (non-hydrogen) atoms. The first-order chi connectivity index (χ1) is 13.3. The van der Waals surface area contributed by atoms with Gasteiger partial charge in [-0.1, -0.05) is 19.1 Å². The number of nitrogens with one attached hydrogen (secondary N) is 1. The van der Waals surface area contributed by atoms with E-state index in [1.165, 1.54) is 0 Å². The highest BCUT2D eigenvalue weighted by Gasteiger charge is 2.42. The Labute approximate surface area is 165 Å². The van der Waals surface area contributed by atoms with Gasteiger partial charge >= 0.3 is 0 Å². The maximum Gasteiger partial charge on any atom is 0.255 e. The molecule has 3 amide bonds. The predicted octanol–water partition coefficient (Wildman–Crippen LogP) is 1.15. The molecule has 0 bridgehead atoms. The van der Waals surface area contributed by atoms with Gasteiger partial charge in [0.25, 0.3) is 5.91 Å². The van der Waals surface area contributed by atoms with E-state index in [2.05, 4.69) is 30.1 Å². The van der Waals surface area contributed by atoms with Crippen LogP contribution in [0.1, 0.15) is 61.0 Å². The third-order valence-electron chi connectivity index (χ3n) is 6.72. The average Bonchev–Trinajstić information content (AvgIpc) is 3.13. The van der Waals surface area contributed by atoms with Crippen LogP contribution in [-0.2, 0) is 22.7 Å². The minimum Gasteiger partial charge on any atom is -0.326 e. The molecule has 3 unspecified atom stereocenters. The molecule has 0 aliphatic carbocycles. The summed E-state index contributed by atoms with van der Waals surface area (Å²) >= 11 is 0. The summed E-state index contributed by atoms with van der Waals surface area (Å²) in [7, 11) is 0. The molecule has 7 nitrogen and oxygen atoms in total.